The fourth-order valence-corrected chi connectivity index (χ4v) is 3.49. The minimum absolute atomic E-state index is 0.0446. The van der Waals surface area contributed by atoms with E-state index in [1.165, 1.54) is 6.92 Å². The van der Waals surface area contributed by atoms with Crippen molar-refractivity contribution in [2.75, 3.05) is 0 Å². The van der Waals surface area contributed by atoms with Gasteiger partial charge in [-0.15, -0.1) is 0 Å². The van der Waals surface area contributed by atoms with E-state index >= 15 is 0 Å². The number of ether oxygens (including phenoxy) is 2. The molecule has 1 aliphatic heterocycles. The normalized spacial score (nSPS) is 46.3. The molecule has 0 aromatic heterocycles. The van der Waals surface area contributed by atoms with E-state index in [4.69, 9.17) is 9.47 Å². The summed E-state index contributed by atoms with van der Waals surface area (Å²) < 4.78 is 11.8. The smallest absolute Gasteiger partial charge is 0.169 e. The number of fused-ring (bicyclic) bond motifs is 1. The fourth-order valence-electron chi connectivity index (χ4n) is 3.49. The lowest BCUT2D eigenvalue weighted by atomic mass is 9.77. The molecule has 5 nitrogen and oxygen atoms in total. The quantitative estimate of drug-likeness (QED) is 0.715. The number of hydrogen-bond acceptors (Lipinski definition) is 5. The second-order valence-electron chi connectivity index (χ2n) is 5.92. The Kier molecular flexibility index (Phi) is 2.79. The Morgan fingerprint density at radius 1 is 1.22 bits per heavy atom. The maximum Gasteiger partial charge on any atom is 0.169 e. The molecule has 1 heterocycles. The number of aliphatic hydroxyl groups is 2. The highest BCUT2D eigenvalue weighted by Gasteiger charge is 2.57. The molecule has 1 saturated heterocycles. The molecule has 4 atom stereocenters. The summed E-state index contributed by atoms with van der Waals surface area (Å²) in [6.07, 6.45) is 2.46. The molecule has 102 valence electrons. The van der Waals surface area contributed by atoms with E-state index in [0.29, 0.717) is 0 Å². The van der Waals surface area contributed by atoms with Crippen LogP contribution in [0.1, 0.15) is 45.4 Å². The van der Waals surface area contributed by atoms with Crippen LogP contribution in [0.15, 0.2) is 0 Å². The van der Waals surface area contributed by atoms with Gasteiger partial charge in [-0.05, 0) is 19.8 Å². The molecule has 0 bridgehead atoms. The summed E-state index contributed by atoms with van der Waals surface area (Å²) in [5.74, 6) is -0.880. The highest BCUT2D eigenvalue weighted by molar-refractivity contribution is 5.84. The second-order valence-corrected chi connectivity index (χ2v) is 5.92. The molecule has 0 radical (unpaired) electrons. The van der Waals surface area contributed by atoms with Crippen LogP contribution in [0.4, 0.5) is 0 Å². The van der Waals surface area contributed by atoms with Gasteiger partial charge in [-0.1, -0.05) is 0 Å². The van der Waals surface area contributed by atoms with Crippen molar-refractivity contribution in [3.05, 3.63) is 0 Å². The first-order chi connectivity index (χ1) is 8.44. The average molecular weight is 256 g/mol. The van der Waals surface area contributed by atoms with E-state index in [2.05, 4.69) is 0 Å². The van der Waals surface area contributed by atoms with Gasteiger partial charge in [-0.25, -0.2) is 0 Å². The zero-order valence-corrected chi connectivity index (χ0v) is 10.6. The number of carbonyl (C=O) groups is 1. The lowest BCUT2D eigenvalue weighted by Crippen LogP contribution is -2.54. The Morgan fingerprint density at radius 3 is 2.50 bits per heavy atom. The molecule has 18 heavy (non-hydrogen) atoms. The highest BCUT2D eigenvalue weighted by atomic mass is 16.8. The third kappa shape index (κ3) is 1.81. The molecular weight excluding hydrogens is 236 g/mol. The number of Topliss-reactive ketones (excluding diaryl/α,β-unsaturated/α-hetero) is 1. The van der Waals surface area contributed by atoms with E-state index < -0.39 is 23.6 Å². The summed E-state index contributed by atoms with van der Waals surface area (Å²) in [5, 5.41) is 20.3. The average Bonchev–Trinajstić information content (AvgIpc) is 2.86. The zero-order valence-electron chi connectivity index (χ0n) is 10.6. The minimum Gasteiger partial charge on any atom is -0.390 e. The molecule has 2 saturated carbocycles. The van der Waals surface area contributed by atoms with Gasteiger partial charge in [0.15, 0.2) is 11.6 Å². The molecular formula is C13H20O5. The van der Waals surface area contributed by atoms with Crippen LogP contribution in [-0.4, -0.2) is 45.7 Å². The van der Waals surface area contributed by atoms with Crippen molar-refractivity contribution in [3.8, 4) is 0 Å². The van der Waals surface area contributed by atoms with Gasteiger partial charge in [0, 0.05) is 25.7 Å². The van der Waals surface area contributed by atoms with Crippen molar-refractivity contribution in [1.82, 2.24) is 0 Å². The summed E-state index contributed by atoms with van der Waals surface area (Å²) in [6.45, 7) is 1.36. The third-order valence-corrected chi connectivity index (χ3v) is 4.57. The number of aliphatic hydroxyl groups excluding tert-OH is 1. The van der Waals surface area contributed by atoms with Crippen LogP contribution in [0.2, 0.25) is 0 Å². The molecule has 0 aromatic rings. The molecule has 0 aromatic carbocycles. The van der Waals surface area contributed by atoms with Gasteiger partial charge in [0.25, 0.3) is 0 Å². The molecule has 0 amide bonds. The Labute approximate surface area is 106 Å². The van der Waals surface area contributed by atoms with Crippen molar-refractivity contribution >= 4 is 5.78 Å². The number of carbonyl (C=O) groups excluding carboxylic acids is 1. The Bertz CT molecular complexity index is 362. The number of rotatable bonds is 1. The maximum absolute atomic E-state index is 11.5. The van der Waals surface area contributed by atoms with Crippen molar-refractivity contribution in [2.45, 2.75) is 75.1 Å². The number of hydrogen-bond donors (Lipinski definition) is 2. The number of ketones is 1. The first-order valence-electron chi connectivity index (χ1n) is 6.71. The molecule has 3 aliphatic rings. The Balaban J connectivity index is 1.80. The van der Waals surface area contributed by atoms with E-state index in [0.717, 1.165) is 25.7 Å². The molecule has 2 aliphatic carbocycles. The summed E-state index contributed by atoms with van der Waals surface area (Å²) >= 11 is 0. The standard InChI is InChI=1S/C13H20O5/c1-8(14)12(16)6-9(15)11-10(7-12)17-13(18-11)4-2-3-5-13/h9-11,15-16H,2-7H2,1H3/t9-,10-,11+,12-/m1/s1. The van der Waals surface area contributed by atoms with Gasteiger partial charge < -0.3 is 19.7 Å². The fraction of sp³-hybridized carbons (Fsp3) is 0.923. The highest BCUT2D eigenvalue weighted by Crippen LogP contribution is 2.47. The van der Waals surface area contributed by atoms with Crippen LogP contribution in [0.25, 0.3) is 0 Å². The zero-order chi connectivity index (χ0) is 13.0. The summed E-state index contributed by atoms with van der Waals surface area (Å²) in [4.78, 5) is 11.5. The third-order valence-electron chi connectivity index (χ3n) is 4.57. The van der Waals surface area contributed by atoms with Crippen molar-refractivity contribution in [1.29, 1.82) is 0 Å². The van der Waals surface area contributed by atoms with Gasteiger partial charge in [-0.3, -0.25) is 4.79 Å². The Hall–Kier alpha value is -0.490. The Morgan fingerprint density at radius 2 is 1.89 bits per heavy atom. The summed E-state index contributed by atoms with van der Waals surface area (Å²) in [5.41, 5.74) is -1.46. The SMILES string of the molecule is CC(=O)[C@@]1(O)C[C@@H](O)[C@@H]2OC3(CCCC3)O[C@@H]2C1. The van der Waals surface area contributed by atoms with Gasteiger partial charge in [0.05, 0.1) is 12.2 Å². The lowest BCUT2D eigenvalue weighted by Gasteiger charge is -2.38. The molecule has 5 heteroatoms. The topological polar surface area (TPSA) is 76.0 Å². The van der Waals surface area contributed by atoms with Crippen LogP contribution in [0, 0.1) is 0 Å². The molecule has 1 spiro atoms. The summed E-state index contributed by atoms with van der Waals surface area (Å²) in [7, 11) is 0. The van der Waals surface area contributed by atoms with Crippen molar-refractivity contribution in [3.63, 3.8) is 0 Å². The molecule has 0 unspecified atom stereocenters. The van der Waals surface area contributed by atoms with Gasteiger partial charge >= 0.3 is 0 Å². The minimum atomic E-state index is -1.46. The molecule has 3 rings (SSSR count). The molecule has 3 fully saturated rings. The first-order valence-corrected chi connectivity index (χ1v) is 6.71. The monoisotopic (exact) mass is 256 g/mol. The maximum atomic E-state index is 11.5. The van der Waals surface area contributed by atoms with Crippen LogP contribution in [0.3, 0.4) is 0 Å². The largest absolute Gasteiger partial charge is 0.390 e. The van der Waals surface area contributed by atoms with Gasteiger partial charge in [0.1, 0.15) is 11.7 Å². The van der Waals surface area contributed by atoms with Crippen molar-refractivity contribution < 1.29 is 24.5 Å². The van der Waals surface area contributed by atoms with E-state index in [9.17, 15) is 15.0 Å². The van der Waals surface area contributed by atoms with Crippen LogP contribution in [-0.2, 0) is 14.3 Å². The predicted octanol–water partition coefficient (Wildman–Crippen LogP) is 0.515. The van der Waals surface area contributed by atoms with Crippen LogP contribution >= 0.6 is 0 Å². The predicted molar refractivity (Wildman–Crippen MR) is 61.8 cm³/mol. The second kappa shape index (κ2) is 4.00. The van der Waals surface area contributed by atoms with E-state index in [-0.39, 0.29) is 24.7 Å². The van der Waals surface area contributed by atoms with Gasteiger partial charge in [-0.2, -0.15) is 0 Å². The van der Waals surface area contributed by atoms with E-state index in [1.807, 2.05) is 0 Å². The lowest BCUT2D eigenvalue weighted by molar-refractivity contribution is -0.175. The van der Waals surface area contributed by atoms with Crippen LogP contribution < -0.4 is 0 Å². The van der Waals surface area contributed by atoms with Crippen LogP contribution in [0.5, 0.6) is 0 Å². The van der Waals surface area contributed by atoms with Crippen molar-refractivity contribution in [2.24, 2.45) is 0 Å². The van der Waals surface area contributed by atoms with E-state index in [1.54, 1.807) is 0 Å². The molecule has 2 N–H and O–H groups in total. The van der Waals surface area contributed by atoms with Gasteiger partial charge in [0.2, 0.25) is 0 Å². The summed E-state index contributed by atoms with van der Waals surface area (Å²) in [6, 6.07) is 0. The first kappa shape index (κ1) is 12.5.